The van der Waals surface area contributed by atoms with Crippen LogP contribution in [0.4, 0.5) is 10.5 Å². The number of amides is 2. The number of anilines is 1. The third kappa shape index (κ3) is 3.12. The summed E-state index contributed by atoms with van der Waals surface area (Å²) in [6.45, 7) is 8.08. The minimum atomic E-state index is -0.191. The summed E-state index contributed by atoms with van der Waals surface area (Å²) in [6, 6.07) is 5.82. The van der Waals surface area contributed by atoms with E-state index in [0.29, 0.717) is 6.54 Å². The van der Waals surface area contributed by atoms with Crippen molar-refractivity contribution in [2.24, 2.45) is 0 Å². The third-order valence-corrected chi connectivity index (χ3v) is 2.39. The van der Waals surface area contributed by atoms with Crippen molar-refractivity contribution >= 4 is 11.7 Å². The molecule has 2 amide bonds. The summed E-state index contributed by atoms with van der Waals surface area (Å²) in [4.78, 5) is 11.5. The van der Waals surface area contributed by atoms with Crippen LogP contribution in [0.1, 0.15) is 18.1 Å². The highest BCUT2D eigenvalue weighted by Crippen LogP contribution is 2.20. The molecule has 1 aromatic carbocycles. The number of hydrogen-bond donors (Lipinski definition) is 2. The van der Waals surface area contributed by atoms with Gasteiger partial charge in [0.05, 0.1) is 0 Å². The molecule has 2 N–H and O–H groups in total. The fraction of sp³-hybridized carbons (Fsp3) is 0.308. The van der Waals surface area contributed by atoms with Crippen LogP contribution >= 0.6 is 0 Å². The normalized spacial score (nSPS) is 9.62. The first-order valence-electron chi connectivity index (χ1n) is 5.43. The number of carbonyl (C=O) groups excluding carboxylic acids is 1. The van der Waals surface area contributed by atoms with Crippen LogP contribution in [0.3, 0.4) is 0 Å². The molecule has 0 aromatic heterocycles. The summed E-state index contributed by atoms with van der Waals surface area (Å²) in [5, 5.41) is 5.56. The lowest BCUT2D eigenvalue weighted by atomic mass is 10.1. The molecule has 0 fully saturated rings. The molecular formula is C13H18N2O. The number of rotatable bonds is 4. The summed E-state index contributed by atoms with van der Waals surface area (Å²) in [5.41, 5.74) is 3.13. The third-order valence-electron chi connectivity index (χ3n) is 2.39. The SMILES string of the molecule is C=CCNC(=O)Nc1c(C)cccc1CC. The van der Waals surface area contributed by atoms with Gasteiger partial charge in [-0.25, -0.2) is 4.79 Å². The molecule has 0 aliphatic carbocycles. The monoisotopic (exact) mass is 218 g/mol. The highest BCUT2D eigenvalue weighted by atomic mass is 16.2. The number of para-hydroxylation sites is 1. The van der Waals surface area contributed by atoms with Crippen LogP contribution in [0.15, 0.2) is 30.9 Å². The van der Waals surface area contributed by atoms with E-state index in [2.05, 4.69) is 24.1 Å². The molecule has 0 unspecified atom stereocenters. The molecule has 0 saturated carbocycles. The molecule has 0 aliphatic rings. The zero-order chi connectivity index (χ0) is 12.0. The van der Waals surface area contributed by atoms with Gasteiger partial charge in [-0.2, -0.15) is 0 Å². The predicted molar refractivity (Wildman–Crippen MR) is 67.8 cm³/mol. The minimum absolute atomic E-state index is 0.191. The topological polar surface area (TPSA) is 41.1 Å². The van der Waals surface area contributed by atoms with Gasteiger partial charge in [-0.3, -0.25) is 0 Å². The van der Waals surface area contributed by atoms with E-state index in [1.807, 2.05) is 25.1 Å². The second-order valence-corrected chi connectivity index (χ2v) is 3.59. The Balaban J connectivity index is 2.79. The van der Waals surface area contributed by atoms with Crippen LogP contribution in [-0.2, 0) is 6.42 Å². The number of carbonyl (C=O) groups is 1. The molecule has 3 nitrogen and oxygen atoms in total. The Hall–Kier alpha value is -1.77. The van der Waals surface area contributed by atoms with Crippen LogP contribution in [0.5, 0.6) is 0 Å². The minimum Gasteiger partial charge on any atom is -0.334 e. The zero-order valence-corrected chi connectivity index (χ0v) is 9.84. The molecule has 0 spiro atoms. The van der Waals surface area contributed by atoms with Gasteiger partial charge in [0.25, 0.3) is 0 Å². The second kappa shape index (κ2) is 5.95. The Morgan fingerprint density at radius 2 is 2.25 bits per heavy atom. The Kier molecular flexibility index (Phi) is 4.58. The Morgan fingerprint density at radius 1 is 1.50 bits per heavy atom. The van der Waals surface area contributed by atoms with Gasteiger partial charge in [-0.1, -0.05) is 31.2 Å². The molecule has 3 heteroatoms. The van der Waals surface area contributed by atoms with Crippen molar-refractivity contribution < 1.29 is 4.79 Å². The maximum Gasteiger partial charge on any atom is 0.319 e. The molecule has 0 bridgehead atoms. The average Bonchev–Trinajstić information content (AvgIpc) is 2.29. The first kappa shape index (κ1) is 12.3. The highest BCUT2D eigenvalue weighted by molar-refractivity contribution is 5.91. The van der Waals surface area contributed by atoms with Crippen LogP contribution in [-0.4, -0.2) is 12.6 Å². The van der Waals surface area contributed by atoms with Crippen molar-refractivity contribution in [1.82, 2.24) is 5.32 Å². The molecule has 0 saturated heterocycles. The summed E-state index contributed by atoms with van der Waals surface area (Å²) < 4.78 is 0. The number of aryl methyl sites for hydroxylation is 2. The van der Waals surface area contributed by atoms with Crippen molar-refractivity contribution in [3.8, 4) is 0 Å². The van der Waals surface area contributed by atoms with Gasteiger partial charge < -0.3 is 10.6 Å². The van der Waals surface area contributed by atoms with Gasteiger partial charge in [0, 0.05) is 12.2 Å². The maximum atomic E-state index is 11.5. The highest BCUT2D eigenvalue weighted by Gasteiger charge is 2.06. The zero-order valence-electron chi connectivity index (χ0n) is 9.84. The van der Waals surface area contributed by atoms with Crippen LogP contribution in [0, 0.1) is 6.92 Å². The van der Waals surface area contributed by atoms with Crippen LogP contribution in [0.25, 0.3) is 0 Å². The van der Waals surface area contributed by atoms with Gasteiger partial charge in [0.1, 0.15) is 0 Å². The Bertz CT molecular complexity index is 386. The maximum absolute atomic E-state index is 11.5. The molecule has 0 radical (unpaired) electrons. The second-order valence-electron chi connectivity index (χ2n) is 3.59. The molecule has 1 rings (SSSR count). The van der Waals surface area contributed by atoms with E-state index in [0.717, 1.165) is 23.2 Å². The number of urea groups is 1. The average molecular weight is 218 g/mol. The van der Waals surface area contributed by atoms with E-state index in [1.54, 1.807) is 6.08 Å². The number of hydrogen-bond acceptors (Lipinski definition) is 1. The van der Waals surface area contributed by atoms with E-state index in [4.69, 9.17) is 0 Å². The molecule has 0 aliphatic heterocycles. The van der Waals surface area contributed by atoms with E-state index in [9.17, 15) is 4.79 Å². The molecule has 0 heterocycles. The lowest BCUT2D eigenvalue weighted by Crippen LogP contribution is -2.29. The molecule has 1 aromatic rings. The fourth-order valence-corrected chi connectivity index (χ4v) is 1.52. The van der Waals surface area contributed by atoms with Gasteiger partial charge >= 0.3 is 6.03 Å². The van der Waals surface area contributed by atoms with Crippen molar-refractivity contribution in [1.29, 1.82) is 0 Å². The molecule has 16 heavy (non-hydrogen) atoms. The number of nitrogens with one attached hydrogen (secondary N) is 2. The van der Waals surface area contributed by atoms with Crippen LogP contribution < -0.4 is 10.6 Å². The van der Waals surface area contributed by atoms with Crippen molar-refractivity contribution in [2.75, 3.05) is 11.9 Å². The van der Waals surface area contributed by atoms with E-state index in [1.165, 1.54) is 0 Å². The Morgan fingerprint density at radius 3 is 2.88 bits per heavy atom. The summed E-state index contributed by atoms with van der Waals surface area (Å²) >= 11 is 0. The van der Waals surface area contributed by atoms with Crippen molar-refractivity contribution in [3.63, 3.8) is 0 Å². The Labute approximate surface area is 96.6 Å². The van der Waals surface area contributed by atoms with E-state index < -0.39 is 0 Å². The van der Waals surface area contributed by atoms with Crippen LogP contribution in [0.2, 0.25) is 0 Å². The predicted octanol–water partition coefficient (Wildman–Crippen LogP) is 2.86. The first-order chi connectivity index (χ1) is 7.69. The van der Waals surface area contributed by atoms with E-state index in [-0.39, 0.29) is 6.03 Å². The fourth-order valence-electron chi connectivity index (χ4n) is 1.52. The quantitative estimate of drug-likeness (QED) is 0.750. The lowest BCUT2D eigenvalue weighted by molar-refractivity contribution is 0.253. The largest absolute Gasteiger partial charge is 0.334 e. The smallest absolute Gasteiger partial charge is 0.319 e. The van der Waals surface area contributed by atoms with Gasteiger partial charge in [-0.15, -0.1) is 6.58 Å². The molecular weight excluding hydrogens is 200 g/mol. The molecule has 0 atom stereocenters. The summed E-state index contributed by atoms with van der Waals surface area (Å²) in [5.74, 6) is 0. The van der Waals surface area contributed by atoms with E-state index >= 15 is 0 Å². The number of benzene rings is 1. The lowest BCUT2D eigenvalue weighted by Gasteiger charge is -2.13. The molecule has 86 valence electrons. The standard InChI is InChI=1S/C13H18N2O/c1-4-9-14-13(16)15-12-10(3)7-6-8-11(12)5-2/h4,6-8H,1,5,9H2,2-3H3,(H2,14,15,16). The van der Waals surface area contributed by atoms with Crippen molar-refractivity contribution in [2.45, 2.75) is 20.3 Å². The van der Waals surface area contributed by atoms with Gasteiger partial charge in [0.2, 0.25) is 0 Å². The summed E-state index contributed by atoms with van der Waals surface area (Å²) in [6.07, 6.45) is 2.55. The summed E-state index contributed by atoms with van der Waals surface area (Å²) in [7, 11) is 0. The van der Waals surface area contributed by atoms with Gasteiger partial charge in [-0.05, 0) is 24.5 Å². The van der Waals surface area contributed by atoms with Gasteiger partial charge in [0.15, 0.2) is 0 Å². The first-order valence-corrected chi connectivity index (χ1v) is 5.43. The van der Waals surface area contributed by atoms with Crippen molar-refractivity contribution in [3.05, 3.63) is 42.0 Å².